The summed E-state index contributed by atoms with van der Waals surface area (Å²) in [6.07, 6.45) is 0.493. The molecule has 0 bridgehead atoms. The normalized spacial score (nSPS) is 12.3. The molecular formula is C7H13NO2. The Hall–Kier alpha value is -0.830. The predicted octanol–water partition coefficient (Wildman–Crippen LogP) is 0.453. The van der Waals surface area contributed by atoms with E-state index in [1.54, 1.807) is 0 Å². The van der Waals surface area contributed by atoms with Gasteiger partial charge in [0.25, 0.3) is 0 Å². The molecule has 0 aliphatic carbocycles. The van der Waals surface area contributed by atoms with E-state index in [-0.39, 0.29) is 12.0 Å². The van der Waals surface area contributed by atoms with E-state index in [4.69, 9.17) is 5.73 Å². The summed E-state index contributed by atoms with van der Waals surface area (Å²) in [5, 5.41) is 0. The second-order valence-corrected chi connectivity index (χ2v) is 2.28. The molecule has 0 saturated carbocycles. The highest BCUT2D eigenvalue weighted by atomic mass is 16.5. The summed E-state index contributed by atoms with van der Waals surface area (Å²) >= 11 is 0. The second-order valence-electron chi connectivity index (χ2n) is 2.28. The molecule has 0 unspecified atom stereocenters. The van der Waals surface area contributed by atoms with E-state index in [9.17, 15) is 4.79 Å². The zero-order valence-electron chi connectivity index (χ0n) is 6.39. The Balaban J connectivity index is 3.74. The number of hydrogen-bond acceptors (Lipinski definition) is 3. The fourth-order valence-electron chi connectivity index (χ4n) is 0.616. The average molecular weight is 143 g/mol. The standard InChI is InChI=1S/C7H13NO2/c1-5(4-6(2)8)7(9)10-3/h6H,1,4,8H2,2-3H3/t6-/m1/s1. The van der Waals surface area contributed by atoms with Gasteiger partial charge in [0, 0.05) is 11.6 Å². The SMILES string of the molecule is C=C(C[C@@H](C)N)C(=O)OC. The van der Waals surface area contributed by atoms with Crippen molar-refractivity contribution in [3.05, 3.63) is 12.2 Å². The van der Waals surface area contributed by atoms with Gasteiger partial charge in [-0.1, -0.05) is 6.58 Å². The fourth-order valence-corrected chi connectivity index (χ4v) is 0.616. The molecule has 0 heterocycles. The van der Waals surface area contributed by atoms with Crippen LogP contribution in [0.25, 0.3) is 0 Å². The van der Waals surface area contributed by atoms with Gasteiger partial charge in [-0.3, -0.25) is 0 Å². The van der Waals surface area contributed by atoms with E-state index in [1.165, 1.54) is 7.11 Å². The molecule has 2 N–H and O–H groups in total. The summed E-state index contributed by atoms with van der Waals surface area (Å²) in [6, 6.07) is -0.0356. The first-order valence-electron chi connectivity index (χ1n) is 3.09. The molecule has 0 rings (SSSR count). The van der Waals surface area contributed by atoms with Crippen molar-refractivity contribution < 1.29 is 9.53 Å². The van der Waals surface area contributed by atoms with Gasteiger partial charge in [-0.2, -0.15) is 0 Å². The molecule has 0 aromatic rings. The molecule has 0 aromatic heterocycles. The summed E-state index contributed by atoms with van der Waals surface area (Å²) in [4.78, 5) is 10.7. The molecule has 0 aliphatic rings. The van der Waals surface area contributed by atoms with E-state index in [1.807, 2.05) is 6.92 Å². The molecule has 3 heteroatoms. The highest BCUT2D eigenvalue weighted by molar-refractivity contribution is 5.87. The third kappa shape index (κ3) is 3.25. The minimum Gasteiger partial charge on any atom is -0.466 e. The number of carbonyl (C=O) groups is 1. The van der Waals surface area contributed by atoms with Crippen molar-refractivity contribution in [2.45, 2.75) is 19.4 Å². The molecule has 0 amide bonds. The van der Waals surface area contributed by atoms with Gasteiger partial charge in [-0.05, 0) is 13.3 Å². The van der Waals surface area contributed by atoms with Gasteiger partial charge in [0.05, 0.1) is 7.11 Å². The van der Waals surface area contributed by atoms with Crippen LogP contribution < -0.4 is 5.73 Å². The monoisotopic (exact) mass is 143 g/mol. The Morgan fingerprint density at radius 2 is 2.30 bits per heavy atom. The first-order chi connectivity index (χ1) is 4.57. The molecule has 10 heavy (non-hydrogen) atoms. The van der Waals surface area contributed by atoms with Crippen molar-refractivity contribution in [2.24, 2.45) is 5.73 Å². The van der Waals surface area contributed by atoms with Crippen LogP contribution in [0.5, 0.6) is 0 Å². The molecule has 3 nitrogen and oxygen atoms in total. The fraction of sp³-hybridized carbons (Fsp3) is 0.571. The highest BCUT2D eigenvalue weighted by Crippen LogP contribution is 2.01. The third-order valence-electron chi connectivity index (χ3n) is 1.04. The van der Waals surface area contributed by atoms with Gasteiger partial charge >= 0.3 is 5.97 Å². The van der Waals surface area contributed by atoms with E-state index in [2.05, 4.69) is 11.3 Å². The van der Waals surface area contributed by atoms with Crippen LogP contribution in [0.4, 0.5) is 0 Å². The largest absolute Gasteiger partial charge is 0.466 e. The number of nitrogens with two attached hydrogens (primary N) is 1. The number of hydrogen-bond donors (Lipinski definition) is 1. The minimum atomic E-state index is -0.378. The predicted molar refractivity (Wildman–Crippen MR) is 39.4 cm³/mol. The first-order valence-corrected chi connectivity index (χ1v) is 3.09. The van der Waals surface area contributed by atoms with Gasteiger partial charge in [0.15, 0.2) is 0 Å². The van der Waals surface area contributed by atoms with Crippen LogP contribution in [0.1, 0.15) is 13.3 Å². The summed E-state index contributed by atoms with van der Waals surface area (Å²) in [5.74, 6) is -0.378. The maximum Gasteiger partial charge on any atom is 0.333 e. The van der Waals surface area contributed by atoms with E-state index in [0.29, 0.717) is 12.0 Å². The van der Waals surface area contributed by atoms with Crippen LogP contribution in [0.2, 0.25) is 0 Å². The van der Waals surface area contributed by atoms with Crippen molar-refractivity contribution in [2.75, 3.05) is 7.11 Å². The first kappa shape index (κ1) is 9.17. The van der Waals surface area contributed by atoms with Gasteiger partial charge in [0.1, 0.15) is 0 Å². The van der Waals surface area contributed by atoms with Gasteiger partial charge in [-0.15, -0.1) is 0 Å². The topological polar surface area (TPSA) is 52.3 Å². The number of carbonyl (C=O) groups excluding carboxylic acids is 1. The molecule has 58 valence electrons. The van der Waals surface area contributed by atoms with Crippen LogP contribution in [0, 0.1) is 0 Å². The van der Waals surface area contributed by atoms with Crippen molar-refractivity contribution in [3.8, 4) is 0 Å². The molecular weight excluding hydrogens is 130 g/mol. The van der Waals surface area contributed by atoms with Crippen LogP contribution in [0.15, 0.2) is 12.2 Å². The Kier molecular flexibility index (Phi) is 3.72. The Bertz CT molecular complexity index is 141. The smallest absolute Gasteiger partial charge is 0.333 e. The lowest BCUT2D eigenvalue weighted by molar-refractivity contribution is -0.136. The summed E-state index contributed by atoms with van der Waals surface area (Å²) in [7, 11) is 1.33. The number of rotatable bonds is 3. The number of methoxy groups -OCH3 is 1. The zero-order valence-corrected chi connectivity index (χ0v) is 6.39. The van der Waals surface area contributed by atoms with Crippen LogP contribution in [-0.4, -0.2) is 19.1 Å². The molecule has 0 fully saturated rings. The molecule has 0 spiro atoms. The van der Waals surface area contributed by atoms with Crippen molar-refractivity contribution in [1.29, 1.82) is 0 Å². The lowest BCUT2D eigenvalue weighted by Crippen LogP contribution is -2.18. The Morgan fingerprint density at radius 1 is 1.80 bits per heavy atom. The van der Waals surface area contributed by atoms with E-state index in [0.717, 1.165) is 0 Å². The minimum absolute atomic E-state index is 0.0356. The Morgan fingerprint density at radius 3 is 2.60 bits per heavy atom. The van der Waals surface area contributed by atoms with E-state index >= 15 is 0 Å². The third-order valence-corrected chi connectivity index (χ3v) is 1.04. The average Bonchev–Trinajstić information content (AvgIpc) is 1.85. The van der Waals surface area contributed by atoms with Crippen LogP contribution in [0.3, 0.4) is 0 Å². The molecule has 0 saturated heterocycles. The van der Waals surface area contributed by atoms with Crippen LogP contribution >= 0.6 is 0 Å². The molecule has 0 aromatic carbocycles. The summed E-state index contributed by atoms with van der Waals surface area (Å²) < 4.78 is 4.42. The van der Waals surface area contributed by atoms with Crippen molar-refractivity contribution >= 4 is 5.97 Å². The van der Waals surface area contributed by atoms with E-state index < -0.39 is 0 Å². The second kappa shape index (κ2) is 4.06. The Labute approximate surface area is 60.9 Å². The lowest BCUT2D eigenvalue weighted by atomic mass is 10.1. The number of esters is 1. The molecule has 0 radical (unpaired) electrons. The van der Waals surface area contributed by atoms with Crippen LogP contribution in [-0.2, 0) is 9.53 Å². The van der Waals surface area contributed by atoms with Gasteiger partial charge in [-0.25, -0.2) is 4.79 Å². The zero-order chi connectivity index (χ0) is 8.15. The summed E-state index contributed by atoms with van der Waals surface area (Å²) in [5.41, 5.74) is 5.85. The number of ether oxygens (including phenoxy) is 1. The van der Waals surface area contributed by atoms with Gasteiger partial charge < -0.3 is 10.5 Å². The molecule has 1 atom stereocenters. The quantitative estimate of drug-likeness (QED) is 0.461. The van der Waals surface area contributed by atoms with Gasteiger partial charge in [0.2, 0.25) is 0 Å². The lowest BCUT2D eigenvalue weighted by Gasteiger charge is -2.05. The summed E-state index contributed by atoms with van der Waals surface area (Å²) in [6.45, 7) is 5.32. The van der Waals surface area contributed by atoms with Crippen molar-refractivity contribution in [1.82, 2.24) is 0 Å². The maximum atomic E-state index is 10.7. The van der Waals surface area contributed by atoms with Crippen molar-refractivity contribution in [3.63, 3.8) is 0 Å². The highest BCUT2D eigenvalue weighted by Gasteiger charge is 2.07. The molecule has 0 aliphatic heterocycles. The maximum absolute atomic E-state index is 10.7.